The standard InChI is InChI=1S/2C19H26PSi2.C3H6.2ClH.Zr/c2*1-21(2,3)17-12-15-13-19(22(4,5)6)20(18(15)14-17)16-10-8-7-9-11-16;1-3-2;;;/h2*7-11,13-15H,1-6H3;1-2H3;2*1H;/q;;;;;+2/p-2. The van der Waals surface area contributed by atoms with Crippen molar-refractivity contribution in [1.82, 2.24) is 0 Å². The van der Waals surface area contributed by atoms with Gasteiger partial charge in [0.2, 0.25) is 0 Å². The molecular formula is C41H58Cl2P2Si4Zr. The topological polar surface area (TPSA) is 0 Å². The number of halogens is 2. The first-order valence-electron chi connectivity index (χ1n) is 18.0. The van der Waals surface area contributed by atoms with Crippen molar-refractivity contribution in [2.75, 3.05) is 0 Å². The molecule has 2 aromatic carbocycles. The Morgan fingerprint density at radius 3 is 1.08 bits per heavy atom. The van der Waals surface area contributed by atoms with Crippen LogP contribution >= 0.6 is 15.8 Å². The molecule has 0 N–H and O–H groups in total. The molecule has 0 aromatic heterocycles. The van der Waals surface area contributed by atoms with Gasteiger partial charge in [0, 0.05) is 0 Å². The third kappa shape index (κ3) is 7.86. The fourth-order valence-electron chi connectivity index (χ4n) is 8.16. The summed E-state index contributed by atoms with van der Waals surface area (Å²) in [6, 6.07) is 23.3. The Hall–Kier alpha value is -0.0594. The van der Waals surface area contributed by atoms with Crippen molar-refractivity contribution in [1.29, 1.82) is 0 Å². The molecule has 2 aliphatic heterocycles. The van der Waals surface area contributed by atoms with Gasteiger partial charge in [-0.15, -0.1) is 0 Å². The predicted octanol–water partition coefficient (Wildman–Crippen LogP) is 6.28. The number of hydrogen-bond acceptors (Lipinski definition) is 0. The summed E-state index contributed by atoms with van der Waals surface area (Å²) in [5.41, 5.74) is 0. The fraction of sp³-hybridized carbons (Fsp3) is 0.390. The Bertz CT molecular complexity index is 1740. The van der Waals surface area contributed by atoms with Crippen molar-refractivity contribution < 1.29 is 46.1 Å². The van der Waals surface area contributed by atoms with Gasteiger partial charge in [0.25, 0.3) is 0 Å². The fourth-order valence-corrected chi connectivity index (χ4v) is 39.8. The van der Waals surface area contributed by atoms with Crippen molar-refractivity contribution in [3.05, 3.63) is 122 Å². The number of allylic oxidation sites excluding steroid dienone is 10. The Balaban J connectivity index is 0.00000281. The van der Waals surface area contributed by atoms with Crippen LogP contribution < -0.4 is 35.4 Å². The first-order valence-corrected chi connectivity index (χ1v) is 38.3. The van der Waals surface area contributed by atoms with Gasteiger partial charge in [-0.25, -0.2) is 0 Å². The summed E-state index contributed by atoms with van der Waals surface area (Å²) in [4.78, 5) is 3.67. The molecule has 0 saturated heterocycles. The molecule has 0 amide bonds. The zero-order chi connectivity index (χ0) is 35.1. The van der Waals surface area contributed by atoms with E-state index in [9.17, 15) is 0 Å². The van der Waals surface area contributed by atoms with Crippen LogP contribution in [0.5, 0.6) is 0 Å². The first-order chi connectivity index (χ1) is 22.2. The molecule has 266 valence electrons. The molecule has 2 aliphatic carbocycles. The molecule has 2 aromatic rings. The van der Waals surface area contributed by atoms with Gasteiger partial charge in [-0.1, -0.05) is 0 Å². The van der Waals surface area contributed by atoms with E-state index in [4.69, 9.17) is 0 Å². The molecule has 6 rings (SSSR count). The predicted molar refractivity (Wildman–Crippen MR) is 229 cm³/mol. The Morgan fingerprint density at radius 1 is 0.500 bits per heavy atom. The minimum Gasteiger partial charge on any atom is -1.00 e. The van der Waals surface area contributed by atoms with Crippen LogP contribution in [0, 0.1) is 11.8 Å². The zero-order valence-electron chi connectivity index (χ0n) is 32.9. The molecule has 4 unspecified atom stereocenters. The molecule has 4 atom stereocenters. The van der Waals surface area contributed by atoms with Crippen LogP contribution in [-0.2, 0) is 21.3 Å². The Morgan fingerprint density at radius 2 is 0.820 bits per heavy atom. The van der Waals surface area contributed by atoms with Crippen LogP contribution in [0.1, 0.15) is 13.8 Å². The van der Waals surface area contributed by atoms with Gasteiger partial charge in [-0.05, 0) is 0 Å². The van der Waals surface area contributed by atoms with Crippen LogP contribution in [0.25, 0.3) is 0 Å². The average molecular weight is 887 g/mol. The molecule has 0 bridgehead atoms. The number of fused-ring (bicyclic) bond motifs is 2. The van der Waals surface area contributed by atoms with Gasteiger partial charge in [0.15, 0.2) is 0 Å². The van der Waals surface area contributed by atoms with Gasteiger partial charge in [0.05, 0.1) is 0 Å². The molecule has 0 fully saturated rings. The molecular weight excluding hydrogens is 829 g/mol. The van der Waals surface area contributed by atoms with Crippen LogP contribution in [0.15, 0.2) is 122 Å². The largest absolute Gasteiger partial charge is 1.00 e. The molecule has 0 spiro atoms. The molecule has 0 nitrogen and oxygen atoms in total. The van der Waals surface area contributed by atoms with Crippen molar-refractivity contribution in [2.24, 2.45) is 11.8 Å². The van der Waals surface area contributed by atoms with Crippen molar-refractivity contribution in [3.63, 3.8) is 0 Å². The molecule has 50 heavy (non-hydrogen) atoms. The molecule has 4 aliphatic rings. The van der Waals surface area contributed by atoms with Gasteiger partial charge in [-0.2, -0.15) is 0 Å². The Labute approximate surface area is 331 Å². The summed E-state index contributed by atoms with van der Waals surface area (Å²) in [5, 5.41) is 10.4. The normalized spacial score (nSPS) is 23.2. The van der Waals surface area contributed by atoms with Crippen molar-refractivity contribution in [3.8, 4) is 0 Å². The molecule has 2 heterocycles. The average Bonchev–Trinajstić information content (AvgIpc) is 3.71. The summed E-state index contributed by atoms with van der Waals surface area (Å²) in [7, 11) is -7.18. The maximum absolute atomic E-state index is 2.88. The second kappa shape index (κ2) is 15.2. The van der Waals surface area contributed by atoms with E-state index in [1.165, 1.54) is 0 Å². The minimum absolute atomic E-state index is 0. The maximum Gasteiger partial charge on any atom is -1.00 e. The second-order valence-corrected chi connectivity index (χ2v) is 50.9. The molecule has 0 radical (unpaired) electrons. The second-order valence-electron chi connectivity index (χ2n) is 18.6. The van der Waals surface area contributed by atoms with Gasteiger partial charge >= 0.3 is 310 Å². The molecule has 9 heteroatoms. The minimum atomic E-state index is -2.54. The number of hydrogen-bond donors (Lipinski definition) is 0. The zero-order valence-corrected chi connectivity index (χ0v) is 42.6. The van der Waals surface area contributed by atoms with E-state index in [1.807, 2.05) is 26.8 Å². The summed E-state index contributed by atoms with van der Waals surface area (Å²) in [6.07, 6.45) is 11.4. The quantitative estimate of drug-likeness (QED) is 0.217. The van der Waals surface area contributed by atoms with Gasteiger partial charge in [-0.3, -0.25) is 0 Å². The van der Waals surface area contributed by atoms with Crippen LogP contribution in [-0.4, -0.2) is 35.5 Å². The first kappa shape index (κ1) is 42.7. The van der Waals surface area contributed by atoms with E-state index >= 15 is 0 Å². The van der Waals surface area contributed by atoms with E-state index < -0.39 is 69.4 Å². The van der Waals surface area contributed by atoms with E-state index in [0.717, 1.165) is 0 Å². The SMILES string of the molecule is C[C](C)=[Zr+2]([C]1=C([Si](C)(C)C)C=C2C1C=C([Si](C)(C)C)P2c1ccccc1)[C]1=C([Si](C)(C)C)C=C2C1C=C([Si](C)(C)C)P2c1ccccc1.[Cl-].[Cl-]. The van der Waals surface area contributed by atoms with Gasteiger partial charge < -0.3 is 24.8 Å². The van der Waals surface area contributed by atoms with Gasteiger partial charge in [0.1, 0.15) is 0 Å². The monoisotopic (exact) mass is 884 g/mol. The summed E-state index contributed by atoms with van der Waals surface area (Å²) < 4.78 is 5.74. The van der Waals surface area contributed by atoms with Crippen molar-refractivity contribution in [2.45, 2.75) is 92.4 Å². The third-order valence-corrected chi connectivity index (χ3v) is 37.1. The van der Waals surface area contributed by atoms with E-state index in [2.05, 4.69) is 177 Å². The number of benzene rings is 2. The smallest absolute Gasteiger partial charge is 1.00 e. The van der Waals surface area contributed by atoms with Crippen LogP contribution in [0.4, 0.5) is 0 Å². The maximum atomic E-state index is 2.88. The summed E-state index contributed by atoms with van der Waals surface area (Å²) in [5.74, 6) is 1.06. The summed E-state index contributed by atoms with van der Waals surface area (Å²) >= 11 is -2.54. The van der Waals surface area contributed by atoms with Crippen LogP contribution in [0.2, 0.25) is 78.6 Å². The summed E-state index contributed by atoms with van der Waals surface area (Å²) in [6.45, 7) is 36.6. The third-order valence-electron chi connectivity index (χ3n) is 10.3. The van der Waals surface area contributed by atoms with Crippen LogP contribution in [0.3, 0.4) is 0 Å². The van der Waals surface area contributed by atoms with E-state index in [-0.39, 0.29) is 24.8 Å². The van der Waals surface area contributed by atoms with E-state index in [1.54, 1.807) is 24.4 Å². The Kier molecular flexibility index (Phi) is 13.0. The van der Waals surface area contributed by atoms with E-state index in [0.29, 0.717) is 11.8 Å². The number of rotatable bonds is 8. The molecule has 0 saturated carbocycles. The van der Waals surface area contributed by atoms with Crippen molar-refractivity contribution >= 4 is 62.0 Å².